The molecule has 2 aromatic rings. The molecule has 0 saturated carbocycles. The lowest BCUT2D eigenvalue weighted by Gasteiger charge is -2.09. The first-order valence-electron chi connectivity index (χ1n) is 6.69. The molecule has 21 heavy (non-hydrogen) atoms. The van der Waals surface area contributed by atoms with Gasteiger partial charge in [0.1, 0.15) is 5.75 Å². The normalized spacial score (nSPS) is 10.4. The maximum atomic E-state index is 12.2. The third kappa shape index (κ3) is 4.44. The Morgan fingerprint density at radius 2 is 2.05 bits per heavy atom. The van der Waals surface area contributed by atoms with Gasteiger partial charge in [0.15, 0.2) is 0 Å². The number of hydrogen-bond donors (Lipinski definition) is 3. The molecule has 0 unspecified atom stereocenters. The lowest BCUT2D eigenvalue weighted by atomic mass is 10.1. The molecule has 0 spiro atoms. The molecule has 0 fully saturated rings. The van der Waals surface area contributed by atoms with Crippen molar-refractivity contribution in [1.82, 2.24) is 5.32 Å². The first-order valence-corrected chi connectivity index (χ1v) is 7.77. The van der Waals surface area contributed by atoms with Crippen molar-refractivity contribution in [3.8, 4) is 5.75 Å². The van der Waals surface area contributed by atoms with Crippen LogP contribution in [0.4, 0.5) is 5.69 Å². The van der Waals surface area contributed by atoms with E-state index >= 15 is 0 Å². The highest BCUT2D eigenvalue weighted by atomic mass is 127. The third-order valence-electron chi connectivity index (χ3n) is 2.97. The Morgan fingerprint density at radius 3 is 2.81 bits per heavy atom. The number of rotatable bonds is 5. The van der Waals surface area contributed by atoms with Crippen LogP contribution in [0, 0.1) is 3.57 Å². The van der Waals surface area contributed by atoms with Crippen LogP contribution in [0.15, 0.2) is 42.5 Å². The highest BCUT2D eigenvalue weighted by Gasteiger charge is 2.12. The van der Waals surface area contributed by atoms with Crippen LogP contribution >= 0.6 is 22.6 Å². The number of halogens is 1. The summed E-state index contributed by atoms with van der Waals surface area (Å²) >= 11 is 2.11. The van der Waals surface area contributed by atoms with Gasteiger partial charge in [-0.05, 0) is 65.0 Å². The fraction of sp³-hybridized carbons (Fsp3) is 0.188. The Morgan fingerprint density at radius 1 is 1.24 bits per heavy atom. The molecular formula is C16H17IN2O2. The Bertz CT molecular complexity index is 644. The van der Waals surface area contributed by atoms with Gasteiger partial charge in [0, 0.05) is 15.8 Å². The van der Waals surface area contributed by atoms with Crippen molar-refractivity contribution in [2.75, 3.05) is 11.9 Å². The average Bonchev–Trinajstić information content (AvgIpc) is 2.48. The van der Waals surface area contributed by atoms with E-state index in [1.54, 1.807) is 12.1 Å². The van der Waals surface area contributed by atoms with Crippen LogP contribution in [-0.4, -0.2) is 17.6 Å². The zero-order chi connectivity index (χ0) is 15.2. The minimum absolute atomic E-state index is 0.0169. The molecule has 2 rings (SSSR count). The Balaban J connectivity index is 2.14. The van der Waals surface area contributed by atoms with Crippen LogP contribution in [-0.2, 0) is 6.54 Å². The van der Waals surface area contributed by atoms with Crippen molar-refractivity contribution >= 4 is 34.2 Å². The van der Waals surface area contributed by atoms with Gasteiger partial charge in [-0.2, -0.15) is 0 Å². The summed E-state index contributed by atoms with van der Waals surface area (Å²) in [6.07, 6.45) is 0. The summed E-state index contributed by atoms with van der Waals surface area (Å²) in [7, 11) is 0. The van der Waals surface area contributed by atoms with Crippen LogP contribution in [0.25, 0.3) is 0 Å². The Labute approximate surface area is 137 Å². The first-order chi connectivity index (χ1) is 10.1. The van der Waals surface area contributed by atoms with E-state index in [1.807, 2.05) is 31.2 Å². The summed E-state index contributed by atoms with van der Waals surface area (Å²) in [6, 6.07) is 12.6. The van der Waals surface area contributed by atoms with Crippen molar-refractivity contribution < 1.29 is 9.90 Å². The zero-order valence-electron chi connectivity index (χ0n) is 11.7. The Hall–Kier alpha value is -1.60. The first kappa shape index (κ1) is 15.8. The SMILES string of the molecule is CCNCc1cccc(NC(=O)c2cc(I)ccc2O)c1. The van der Waals surface area contributed by atoms with E-state index in [2.05, 4.69) is 33.2 Å². The summed E-state index contributed by atoms with van der Waals surface area (Å²) < 4.78 is 0.899. The van der Waals surface area contributed by atoms with Crippen LogP contribution in [0.2, 0.25) is 0 Å². The van der Waals surface area contributed by atoms with Crippen LogP contribution in [0.5, 0.6) is 5.75 Å². The van der Waals surface area contributed by atoms with Crippen LogP contribution in [0.3, 0.4) is 0 Å². The highest BCUT2D eigenvalue weighted by molar-refractivity contribution is 14.1. The standard InChI is InChI=1S/C16H17IN2O2/c1-2-18-10-11-4-3-5-13(8-11)19-16(21)14-9-12(17)6-7-15(14)20/h3-9,18,20H,2,10H2,1H3,(H,19,21). The second kappa shape index (κ2) is 7.42. The van der Waals surface area contributed by atoms with Gasteiger partial charge in [0.2, 0.25) is 0 Å². The molecule has 0 aliphatic carbocycles. The van der Waals surface area contributed by atoms with Gasteiger partial charge in [-0.1, -0.05) is 19.1 Å². The van der Waals surface area contributed by atoms with E-state index in [0.29, 0.717) is 5.69 Å². The quantitative estimate of drug-likeness (QED) is 0.680. The van der Waals surface area contributed by atoms with Crippen LogP contribution < -0.4 is 10.6 Å². The van der Waals surface area contributed by atoms with Gasteiger partial charge in [-0.3, -0.25) is 4.79 Å². The molecule has 2 aromatic carbocycles. The van der Waals surface area contributed by atoms with Crippen molar-refractivity contribution in [3.05, 3.63) is 57.2 Å². The van der Waals surface area contributed by atoms with Gasteiger partial charge < -0.3 is 15.7 Å². The minimum Gasteiger partial charge on any atom is -0.507 e. The largest absolute Gasteiger partial charge is 0.507 e. The van der Waals surface area contributed by atoms with Crippen molar-refractivity contribution in [1.29, 1.82) is 0 Å². The number of amides is 1. The molecule has 0 heterocycles. The predicted octanol–water partition coefficient (Wildman–Crippen LogP) is 3.36. The smallest absolute Gasteiger partial charge is 0.259 e. The molecule has 0 aromatic heterocycles. The molecular weight excluding hydrogens is 379 g/mol. The predicted molar refractivity (Wildman–Crippen MR) is 92.6 cm³/mol. The maximum Gasteiger partial charge on any atom is 0.259 e. The van der Waals surface area contributed by atoms with Gasteiger partial charge >= 0.3 is 0 Å². The monoisotopic (exact) mass is 396 g/mol. The van der Waals surface area contributed by atoms with Crippen molar-refractivity contribution in [2.45, 2.75) is 13.5 Å². The summed E-state index contributed by atoms with van der Waals surface area (Å²) in [5, 5.41) is 15.8. The van der Waals surface area contributed by atoms with E-state index in [1.165, 1.54) is 6.07 Å². The molecule has 0 saturated heterocycles. The number of carbonyl (C=O) groups excluding carboxylic acids is 1. The van der Waals surface area contributed by atoms with E-state index in [0.717, 1.165) is 22.2 Å². The van der Waals surface area contributed by atoms with E-state index < -0.39 is 0 Å². The molecule has 0 bridgehead atoms. The van der Waals surface area contributed by atoms with Crippen LogP contribution in [0.1, 0.15) is 22.8 Å². The highest BCUT2D eigenvalue weighted by Crippen LogP contribution is 2.21. The fourth-order valence-corrected chi connectivity index (χ4v) is 2.41. The topological polar surface area (TPSA) is 61.4 Å². The summed E-state index contributed by atoms with van der Waals surface area (Å²) in [5.41, 5.74) is 2.09. The van der Waals surface area contributed by atoms with Gasteiger partial charge in [-0.15, -0.1) is 0 Å². The lowest BCUT2D eigenvalue weighted by Crippen LogP contribution is -2.14. The van der Waals surface area contributed by atoms with Gasteiger partial charge in [0.05, 0.1) is 5.56 Å². The van der Waals surface area contributed by atoms with Gasteiger partial charge in [-0.25, -0.2) is 0 Å². The zero-order valence-corrected chi connectivity index (χ0v) is 13.8. The van der Waals surface area contributed by atoms with Crippen molar-refractivity contribution in [2.24, 2.45) is 0 Å². The van der Waals surface area contributed by atoms with E-state index in [4.69, 9.17) is 0 Å². The molecule has 0 atom stereocenters. The molecule has 4 nitrogen and oxygen atoms in total. The van der Waals surface area contributed by atoms with E-state index in [-0.39, 0.29) is 17.2 Å². The second-order valence-electron chi connectivity index (χ2n) is 4.60. The van der Waals surface area contributed by atoms with E-state index in [9.17, 15) is 9.90 Å². The molecule has 5 heteroatoms. The van der Waals surface area contributed by atoms with Gasteiger partial charge in [0.25, 0.3) is 5.91 Å². The Kier molecular flexibility index (Phi) is 5.58. The second-order valence-corrected chi connectivity index (χ2v) is 5.84. The number of anilines is 1. The molecule has 0 aliphatic heterocycles. The summed E-state index contributed by atoms with van der Waals surface area (Å²) in [4.78, 5) is 12.2. The lowest BCUT2D eigenvalue weighted by molar-refractivity contribution is 0.102. The molecule has 0 radical (unpaired) electrons. The third-order valence-corrected chi connectivity index (χ3v) is 3.64. The van der Waals surface area contributed by atoms with Crippen molar-refractivity contribution in [3.63, 3.8) is 0 Å². The number of phenolic OH excluding ortho intramolecular Hbond substituents is 1. The minimum atomic E-state index is -0.313. The fourth-order valence-electron chi connectivity index (χ4n) is 1.92. The number of hydrogen-bond acceptors (Lipinski definition) is 3. The molecule has 110 valence electrons. The number of carbonyl (C=O) groups is 1. The molecule has 1 amide bonds. The number of nitrogens with one attached hydrogen (secondary N) is 2. The average molecular weight is 396 g/mol. The number of benzene rings is 2. The molecule has 3 N–H and O–H groups in total. The summed E-state index contributed by atoms with van der Waals surface area (Å²) in [5.74, 6) is -0.330. The molecule has 0 aliphatic rings. The number of phenols is 1. The maximum absolute atomic E-state index is 12.2. The number of aromatic hydroxyl groups is 1. The summed E-state index contributed by atoms with van der Waals surface area (Å²) in [6.45, 7) is 3.70.